The predicted molar refractivity (Wildman–Crippen MR) is 105 cm³/mol. The zero-order chi connectivity index (χ0) is 18.8. The van der Waals surface area contributed by atoms with E-state index in [0.717, 1.165) is 0 Å². The van der Waals surface area contributed by atoms with Gasteiger partial charge in [0.25, 0.3) is 0 Å². The predicted octanol–water partition coefficient (Wildman–Crippen LogP) is 4.78. The van der Waals surface area contributed by atoms with Crippen LogP contribution < -0.4 is 21.0 Å². The van der Waals surface area contributed by atoms with E-state index in [1.807, 2.05) is 6.07 Å². The summed E-state index contributed by atoms with van der Waals surface area (Å²) >= 11 is 9.49. The lowest BCUT2D eigenvalue weighted by Crippen LogP contribution is -2.31. The summed E-state index contributed by atoms with van der Waals surface area (Å²) in [6.07, 6.45) is 0. The fraction of sp³-hybridized carbons (Fsp3) is 0.111. The zero-order valence-electron chi connectivity index (χ0n) is 13.6. The maximum atomic E-state index is 12.4. The Kier molecular flexibility index (Phi) is 5.20. The molecule has 1 heterocycles. The van der Waals surface area contributed by atoms with Gasteiger partial charge in [-0.05, 0) is 47.1 Å². The van der Waals surface area contributed by atoms with Crippen molar-refractivity contribution in [2.45, 2.75) is 11.9 Å². The molecule has 3 rings (SSSR count). The molecule has 6 nitrogen and oxygen atoms in total. The number of carbonyl (C=O) groups excluding carboxylic acids is 1. The summed E-state index contributed by atoms with van der Waals surface area (Å²) < 4.78 is 10.5. The number of alkyl halides is 1. The van der Waals surface area contributed by atoms with Gasteiger partial charge in [-0.25, -0.2) is 9.59 Å². The van der Waals surface area contributed by atoms with Crippen LogP contribution >= 0.6 is 27.5 Å². The van der Waals surface area contributed by atoms with Gasteiger partial charge in [-0.3, -0.25) is 4.90 Å². The molecule has 26 heavy (non-hydrogen) atoms. The highest BCUT2D eigenvalue weighted by molar-refractivity contribution is 9.09. The molecular formula is C18H14BrClN2O4. The molecule has 0 spiro atoms. The van der Waals surface area contributed by atoms with Crippen LogP contribution in [-0.4, -0.2) is 11.0 Å². The molecule has 0 saturated heterocycles. The molecule has 1 aromatic heterocycles. The van der Waals surface area contributed by atoms with Gasteiger partial charge in [0.2, 0.25) is 0 Å². The van der Waals surface area contributed by atoms with Crippen molar-refractivity contribution in [1.82, 2.24) is 0 Å². The summed E-state index contributed by atoms with van der Waals surface area (Å²) in [4.78, 5) is 25.6. The quantitative estimate of drug-likeness (QED) is 0.595. The van der Waals surface area contributed by atoms with E-state index in [0.29, 0.717) is 16.8 Å². The van der Waals surface area contributed by atoms with Crippen LogP contribution in [0.4, 0.5) is 16.2 Å². The van der Waals surface area contributed by atoms with E-state index in [1.54, 1.807) is 43.3 Å². The number of carbonyl (C=O) groups is 1. The van der Waals surface area contributed by atoms with Crippen molar-refractivity contribution in [2.24, 2.45) is 5.73 Å². The van der Waals surface area contributed by atoms with E-state index in [1.165, 1.54) is 11.0 Å². The smallest absolute Gasteiger partial charge is 0.346 e. The summed E-state index contributed by atoms with van der Waals surface area (Å²) in [5.41, 5.74) is 5.88. The number of urea groups is 1. The van der Waals surface area contributed by atoms with Crippen LogP contribution in [0.25, 0.3) is 10.8 Å². The van der Waals surface area contributed by atoms with Gasteiger partial charge in [0, 0.05) is 5.39 Å². The summed E-state index contributed by atoms with van der Waals surface area (Å²) in [7, 11) is 0. The average molecular weight is 438 g/mol. The van der Waals surface area contributed by atoms with Crippen LogP contribution in [0.1, 0.15) is 6.92 Å². The third-order valence-corrected chi connectivity index (χ3v) is 4.13. The summed E-state index contributed by atoms with van der Waals surface area (Å²) in [6, 6.07) is 12.9. The van der Waals surface area contributed by atoms with E-state index in [-0.39, 0.29) is 21.4 Å². The summed E-state index contributed by atoms with van der Waals surface area (Å²) in [5.74, 6) is -0.0730. The number of halogens is 2. The van der Waals surface area contributed by atoms with Gasteiger partial charge in [0.15, 0.2) is 5.01 Å². The van der Waals surface area contributed by atoms with Gasteiger partial charge < -0.3 is 14.9 Å². The number of primary amides is 1. The number of nitrogens with two attached hydrogens (primary N) is 1. The molecule has 3 aromatic rings. The number of nitrogens with zero attached hydrogens (tertiary/aromatic N) is 1. The molecule has 0 fully saturated rings. The van der Waals surface area contributed by atoms with Crippen LogP contribution in [0.15, 0.2) is 57.7 Å². The minimum absolute atomic E-state index is 0.0730. The van der Waals surface area contributed by atoms with E-state index < -0.39 is 11.7 Å². The summed E-state index contributed by atoms with van der Waals surface area (Å²) in [6.45, 7) is 1.72. The number of hydrogen-bond acceptors (Lipinski definition) is 4. The Morgan fingerprint density at radius 1 is 1.19 bits per heavy atom. The molecule has 0 aliphatic carbocycles. The van der Waals surface area contributed by atoms with Crippen LogP contribution in [0.2, 0.25) is 5.02 Å². The number of amides is 2. The van der Waals surface area contributed by atoms with Gasteiger partial charge in [-0.15, -0.1) is 0 Å². The van der Waals surface area contributed by atoms with Crippen LogP contribution in [0, 0.1) is 0 Å². The fourth-order valence-electron chi connectivity index (χ4n) is 2.53. The summed E-state index contributed by atoms with van der Waals surface area (Å²) in [5, 5.41) is 0.447. The fourth-order valence-corrected chi connectivity index (χ4v) is 2.95. The maximum absolute atomic E-state index is 12.4. The second kappa shape index (κ2) is 7.39. The minimum Gasteiger partial charge on any atom is -0.449 e. The molecule has 8 heteroatoms. The van der Waals surface area contributed by atoms with Crippen molar-refractivity contribution < 1.29 is 13.9 Å². The van der Waals surface area contributed by atoms with Gasteiger partial charge in [0.1, 0.15) is 5.02 Å². The van der Waals surface area contributed by atoms with Crippen LogP contribution in [0.5, 0.6) is 5.95 Å². The number of para-hydroxylation sites is 1. The Labute approximate surface area is 162 Å². The van der Waals surface area contributed by atoms with E-state index in [9.17, 15) is 9.59 Å². The second-order valence-electron chi connectivity index (χ2n) is 5.39. The first kappa shape index (κ1) is 18.3. The van der Waals surface area contributed by atoms with Gasteiger partial charge in [0.05, 0.1) is 16.8 Å². The molecule has 2 amide bonds. The first-order valence-electron chi connectivity index (χ1n) is 7.60. The number of fused-ring (bicyclic) bond motifs is 1. The first-order chi connectivity index (χ1) is 12.4. The third kappa shape index (κ3) is 3.54. The standard InChI is InChI=1S/C18H14BrClN2O4/c1-10(19)25-17-15(20)13-8-7-12(9-14(13)16(23)26-17)22(18(21)24)11-5-3-2-4-6-11/h2-10H,1H3,(H2,21,24). The number of rotatable bonds is 4. The van der Waals surface area contributed by atoms with E-state index in [2.05, 4.69) is 15.9 Å². The number of anilines is 2. The second-order valence-corrected chi connectivity index (χ2v) is 7.06. The van der Waals surface area contributed by atoms with Crippen LogP contribution in [0.3, 0.4) is 0 Å². The highest BCUT2D eigenvalue weighted by Crippen LogP contribution is 2.34. The topological polar surface area (TPSA) is 85.8 Å². The lowest BCUT2D eigenvalue weighted by Gasteiger charge is -2.21. The van der Waals surface area contributed by atoms with Gasteiger partial charge >= 0.3 is 17.6 Å². The maximum Gasteiger partial charge on any atom is 0.346 e. The molecule has 2 aromatic carbocycles. The highest BCUT2D eigenvalue weighted by atomic mass is 79.9. The Balaban J connectivity index is 2.16. The Hall–Kier alpha value is -2.51. The normalized spacial score (nSPS) is 12.0. The van der Waals surface area contributed by atoms with Crippen molar-refractivity contribution >= 4 is 55.7 Å². The van der Waals surface area contributed by atoms with Gasteiger partial charge in [-0.2, -0.15) is 0 Å². The van der Waals surface area contributed by atoms with E-state index >= 15 is 0 Å². The lowest BCUT2D eigenvalue weighted by molar-refractivity contribution is 0.229. The number of hydrogen-bond donors (Lipinski definition) is 1. The average Bonchev–Trinajstić information content (AvgIpc) is 2.60. The zero-order valence-corrected chi connectivity index (χ0v) is 16.0. The van der Waals surface area contributed by atoms with Crippen LogP contribution in [-0.2, 0) is 0 Å². The minimum atomic E-state index is -0.681. The van der Waals surface area contributed by atoms with Crippen molar-refractivity contribution in [2.75, 3.05) is 4.90 Å². The van der Waals surface area contributed by atoms with Crippen molar-refractivity contribution in [3.8, 4) is 5.95 Å². The largest absolute Gasteiger partial charge is 0.449 e. The number of ether oxygens (including phenoxy) is 1. The monoisotopic (exact) mass is 436 g/mol. The molecule has 0 bridgehead atoms. The van der Waals surface area contributed by atoms with Crippen molar-refractivity contribution in [3.05, 3.63) is 64.0 Å². The molecule has 134 valence electrons. The third-order valence-electron chi connectivity index (χ3n) is 3.59. The van der Waals surface area contributed by atoms with E-state index in [4.69, 9.17) is 26.5 Å². The molecule has 0 saturated carbocycles. The van der Waals surface area contributed by atoms with Gasteiger partial charge in [-0.1, -0.05) is 35.9 Å². The Bertz CT molecular complexity index is 1020. The molecule has 1 atom stereocenters. The first-order valence-corrected chi connectivity index (χ1v) is 8.89. The highest BCUT2D eigenvalue weighted by Gasteiger charge is 2.19. The Morgan fingerprint density at radius 2 is 1.88 bits per heavy atom. The molecular weight excluding hydrogens is 424 g/mol. The van der Waals surface area contributed by atoms with Crippen molar-refractivity contribution in [1.29, 1.82) is 0 Å². The SMILES string of the molecule is CC(Br)Oc1oc(=O)c2cc(N(C(N)=O)c3ccccc3)ccc2c1Cl. The molecule has 0 aliphatic heterocycles. The molecule has 1 unspecified atom stereocenters. The number of benzene rings is 2. The Morgan fingerprint density at radius 3 is 2.50 bits per heavy atom. The lowest BCUT2D eigenvalue weighted by atomic mass is 10.1. The molecule has 0 radical (unpaired) electrons. The molecule has 2 N–H and O–H groups in total. The molecule has 0 aliphatic rings. The van der Waals surface area contributed by atoms with Crippen molar-refractivity contribution in [3.63, 3.8) is 0 Å².